The summed E-state index contributed by atoms with van der Waals surface area (Å²) in [4.78, 5) is 22.1. The van der Waals surface area contributed by atoms with Crippen molar-refractivity contribution >= 4 is 12.1 Å². The van der Waals surface area contributed by atoms with Crippen LogP contribution in [-0.4, -0.2) is 45.6 Å². The molecule has 1 rings (SSSR count). The average Bonchev–Trinajstić information content (AvgIpc) is 2.51. The zero-order valence-corrected chi connectivity index (χ0v) is 14.6. The van der Waals surface area contributed by atoms with E-state index < -0.39 is 70.7 Å². The smallest absolute Gasteiger partial charge is 0.407 e. The topological polar surface area (TPSA) is 116 Å². The first-order valence-corrected chi connectivity index (χ1v) is 7.70. The van der Waals surface area contributed by atoms with Crippen LogP contribution in [0.15, 0.2) is 0 Å². The Hall–Kier alpha value is -2.40. The lowest BCUT2D eigenvalue weighted by molar-refractivity contribution is 0.00744. The molecular formula is C16H19F4NO6. The van der Waals surface area contributed by atoms with E-state index in [0.29, 0.717) is 0 Å². The van der Waals surface area contributed by atoms with Crippen molar-refractivity contribution in [1.29, 1.82) is 0 Å². The van der Waals surface area contributed by atoms with Crippen LogP contribution in [0.3, 0.4) is 0 Å². The lowest BCUT2D eigenvalue weighted by atomic mass is 9.98. The fraction of sp³-hybridized carbons (Fsp3) is 0.500. The van der Waals surface area contributed by atoms with Gasteiger partial charge in [0.15, 0.2) is 23.3 Å². The second kappa shape index (κ2) is 8.53. The number of nitrogens with one attached hydrogen (secondary N) is 1. The highest BCUT2D eigenvalue weighted by Crippen LogP contribution is 2.30. The highest BCUT2D eigenvalue weighted by molar-refractivity contribution is 5.88. The fourth-order valence-electron chi connectivity index (χ4n) is 2.08. The van der Waals surface area contributed by atoms with Crippen LogP contribution >= 0.6 is 0 Å². The number of aliphatic hydroxyl groups is 2. The minimum atomic E-state index is -2.42. The van der Waals surface area contributed by atoms with Crippen LogP contribution in [0.5, 0.6) is 0 Å². The lowest BCUT2D eigenvalue weighted by Gasteiger charge is -2.22. The Kier molecular flexibility index (Phi) is 7.15. The second-order valence-corrected chi connectivity index (χ2v) is 6.58. The van der Waals surface area contributed by atoms with E-state index in [4.69, 9.17) is 9.84 Å². The molecule has 1 aromatic rings. The maximum Gasteiger partial charge on any atom is 0.407 e. The molecule has 0 saturated heterocycles. The van der Waals surface area contributed by atoms with Gasteiger partial charge in [0.05, 0.1) is 11.7 Å². The number of alkyl carbamates (subject to hydrolysis) is 1. The maximum absolute atomic E-state index is 13.9. The van der Waals surface area contributed by atoms with Crippen molar-refractivity contribution in [2.75, 3.05) is 6.54 Å². The van der Waals surface area contributed by atoms with Crippen LogP contribution in [0.2, 0.25) is 0 Å². The third-order valence-electron chi connectivity index (χ3n) is 3.28. The molecule has 27 heavy (non-hydrogen) atoms. The van der Waals surface area contributed by atoms with Crippen molar-refractivity contribution in [3.05, 3.63) is 34.4 Å². The predicted octanol–water partition coefficient (Wildman–Crippen LogP) is 2.25. The molecule has 0 radical (unpaired) electrons. The molecule has 0 saturated carbocycles. The van der Waals surface area contributed by atoms with Gasteiger partial charge in [-0.3, -0.25) is 0 Å². The van der Waals surface area contributed by atoms with E-state index >= 15 is 0 Å². The minimum Gasteiger partial charge on any atom is -0.477 e. The summed E-state index contributed by atoms with van der Waals surface area (Å²) in [6.07, 6.45) is -5.66. The van der Waals surface area contributed by atoms with Gasteiger partial charge in [-0.15, -0.1) is 0 Å². The van der Waals surface area contributed by atoms with E-state index in [9.17, 15) is 37.4 Å². The molecule has 7 nitrogen and oxygen atoms in total. The molecular weight excluding hydrogens is 378 g/mol. The number of carboxylic acid groups (broad SMARTS) is 1. The second-order valence-electron chi connectivity index (χ2n) is 6.58. The average molecular weight is 397 g/mol. The number of aromatic carboxylic acids is 1. The van der Waals surface area contributed by atoms with Crippen molar-refractivity contribution in [2.45, 2.75) is 45.0 Å². The van der Waals surface area contributed by atoms with Crippen molar-refractivity contribution in [1.82, 2.24) is 5.32 Å². The summed E-state index contributed by atoms with van der Waals surface area (Å²) in [7, 11) is 0. The number of benzene rings is 1. The summed E-state index contributed by atoms with van der Waals surface area (Å²) in [6.45, 7) is 4.50. The van der Waals surface area contributed by atoms with Gasteiger partial charge in [-0.1, -0.05) is 0 Å². The van der Waals surface area contributed by atoms with Crippen LogP contribution in [0.4, 0.5) is 22.4 Å². The van der Waals surface area contributed by atoms with E-state index in [1.807, 2.05) is 0 Å². The Morgan fingerprint density at radius 1 is 1.04 bits per heavy atom. The predicted molar refractivity (Wildman–Crippen MR) is 83.1 cm³/mol. The molecule has 1 aromatic carbocycles. The standard InChI is InChI=1S/C16H19F4NO6/c1-16(2,3)27-15(26)21-5-4-6(22)13(23)7-9(17)11(19)8(14(24)25)12(20)10(7)18/h6,13,22-23H,4-5H2,1-3H3,(H,21,26)(H,24,25). The zero-order chi connectivity index (χ0) is 21.1. The van der Waals surface area contributed by atoms with Gasteiger partial charge in [0.2, 0.25) is 0 Å². The molecule has 2 atom stereocenters. The first-order valence-electron chi connectivity index (χ1n) is 7.70. The SMILES string of the molecule is CC(C)(C)OC(=O)NCCC(O)C(O)c1c(F)c(F)c(C(=O)O)c(F)c1F. The monoisotopic (exact) mass is 397 g/mol. The van der Waals surface area contributed by atoms with E-state index in [-0.39, 0.29) is 6.54 Å². The molecule has 0 bridgehead atoms. The molecule has 0 aliphatic carbocycles. The quantitative estimate of drug-likeness (QED) is 0.432. The molecule has 1 amide bonds. The van der Waals surface area contributed by atoms with E-state index in [1.54, 1.807) is 20.8 Å². The Morgan fingerprint density at radius 3 is 1.93 bits per heavy atom. The molecule has 0 heterocycles. The van der Waals surface area contributed by atoms with Gasteiger partial charge in [0, 0.05) is 6.54 Å². The van der Waals surface area contributed by atoms with Gasteiger partial charge in [-0.05, 0) is 27.2 Å². The zero-order valence-electron chi connectivity index (χ0n) is 14.6. The molecule has 2 unspecified atom stereocenters. The summed E-state index contributed by atoms with van der Waals surface area (Å²) in [5.41, 5.74) is -4.21. The van der Waals surface area contributed by atoms with Gasteiger partial charge < -0.3 is 25.4 Å². The molecule has 11 heteroatoms. The summed E-state index contributed by atoms with van der Waals surface area (Å²) < 4.78 is 60.0. The van der Waals surface area contributed by atoms with Crippen molar-refractivity contribution in [3.8, 4) is 0 Å². The van der Waals surface area contributed by atoms with Crippen molar-refractivity contribution < 1.29 is 47.2 Å². The van der Waals surface area contributed by atoms with Gasteiger partial charge in [-0.25, -0.2) is 27.2 Å². The van der Waals surface area contributed by atoms with Gasteiger partial charge in [0.1, 0.15) is 17.3 Å². The molecule has 0 spiro atoms. The number of rotatable bonds is 6. The number of carboxylic acids is 1. The van der Waals surface area contributed by atoms with Crippen LogP contribution in [0.25, 0.3) is 0 Å². The molecule has 0 aliphatic heterocycles. The summed E-state index contributed by atoms with van der Waals surface area (Å²) >= 11 is 0. The first kappa shape index (κ1) is 22.6. The third kappa shape index (κ3) is 5.54. The number of carbonyl (C=O) groups excluding carboxylic acids is 1. The normalized spacial score (nSPS) is 13.8. The number of hydrogen-bond donors (Lipinski definition) is 4. The van der Waals surface area contributed by atoms with Crippen LogP contribution in [-0.2, 0) is 4.74 Å². The number of amides is 1. The van der Waals surface area contributed by atoms with Crippen molar-refractivity contribution in [3.63, 3.8) is 0 Å². The molecule has 0 fully saturated rings. The largest absolute Gasteiger partial charge is 0.477 e. The Balaban J connectivity index is 2.92. The summed E-state index contributed by atoms with van der Waals surface area (Å²) in [5.74, 6) is -11.0. The number of carbonyl (C=O) groups is 2. The fourth-order valence-corrected chi connectivity index (χ4v) is 2.08. The van der Waals surface area contributed by atoms with Gasteiger partial charge >= 0.3 is 12.1 Å². The highest BCUT2D eigenvalue weighted by atomic mass is 19.2. The van der Waals surface area contributed by atoms with Crippen molar-refractivity contribution in [2.24, 2.45) is 0 Å². The Morgan fingerprint density at radius 2 is 1.52 bits per heavy atom. The number of aliphatic hydroxyl groups excluding tert-OH is 2. The van der Waals surface area contributed by atoms with E-state index in [0.717, 1.165) is 0 Å². The third-order valence-corrected chi connectivity index (χ3v) is 3.28. The molecule has 0 aliphatic rings. The Labute approximate surface area is 151 Å². The summed E-state index contributed by atoms with van der Waals surface area (Å²) in [6, 6.07) is 0. The number of ether oxygens (including phenoxy) is 1. The van der Waals surface area contributed by atoms with Gasteiger partial charge in [0.25, 0.3) is 0 Å². The van der Waals surface area contributed by atoms with E-state index in [1.165, 1.54) is 0 Å². The van der Waals surface area contributed by atoms with Crippen LogP contribution < -0.4 is 5.32 Å². The Bertz CT molecular complexity index is 706. The highest BCUT2D eigenvalue weighted by Gasteiger charge is 2.34. The summed E-state index contributed by atoms with van der Waals surface area (Å²) in [5, 5.41) is 30.4. The lowest BCUT2D eigenvalue weighted by Crippen LogP contribution is -2.35. The maximum atomic E-state index is 13.9. The molecule has 0 aromatic heterocycles. The number of hydrogen-bond acceptors (Lipinski definition) is 5. The molecule has 4 N–H and O–H groups in total. The minimum absolute atomic E-state index is 0.297. The van der Waals surface area contributed by atoms with E-state index in [2.05, 4.69) is 5.32 Å². The first-order chi connectivity index (χ1) is 12.3. The van der Waals surface area contributed by atoms with Crippen LogP contribution in [0, 0.1) is 23.3 Å². The van der Waals surface area contributed by atoms with Crippen LogP contribution in [0.1, 0.15) is 49.2 Å². The molecule has 152 valence electrons. The number of halogens is 4. The van der Waals surface area contributed by atoms with Gasteiger partial charge in [-0.2, -0.15) is 0 Å².